The molecule has 0 amide bonds. The summed E-state index contributed by atoms with van der Waals surface area (Å²) in [6.07, 6.45) is 1.52. The number of nitrogens with one attached hydrogen (secondary N) is 1. The van der Waals surface area contributed by atoms with E-state index in [9.17, 15) is 4.79 Å². The number of tetrazole rings is 1. The SMILES string of the molecule is C=CCOC(=O)C1=C(C)Nc2nnnn2C1c1ccc(OCc2ccc(Br)cc2)c(OC)c1. The van der Waals surface area contributed by atoms with E-state index in [1.54, 1.807) is 20.1 Å². The molecule has 10 heteroatoms. The zero-order valence-corrected chi connectivity index (χ0v) is 19.7. The van der Waals surface area contributed by atoms with Gasteiger partial charge in [-0.25, -0.2) is 4.79 Å². The van der Waals surface area contributed by atoms with Crippen molar-refractivity contribution in [2.75, 3.05) is 19.0 Å². The number of aromatic nitrogens is 4. The summed E-state index contributed by atoms with van der Waals surface area (Å²) in [4.78, 5) is 12.9. The summed E-state index contributed by atoms with van der Waals surface area (Å²) in [7, 11) is 1.57. The normalized spacial score (nSPS) is 14.8. The minimum Gasteiger partial charge on any atom is -0.493 e. The van der Waals surface area contributed by atoms with Gasteiger partial charge in [-0.05, 0) is 52.7 Å². The highest BCUT2D eigenvalue weighted by molar-refractivity contribution is 9.10. The lowest BCUT2D eigenvalue weighted by Gasteiger charge is -2.27. The number of esters is 1. The smallest absolute Gasteiger partial charge is 0.338 e. The highest BCUT2D eigenvalue weighted by Crippen LogP contribution is 2.38. The predicted molar refractivity (Wildman–Crippen MR) is 125 cm³/mol. The van der Waals surface area contributed by atoms with Gasteiger partial charge in [-0.3, -0.25) is 0 Å². The summed E-state index contributed by atoms with van der Waals surface area (Å²) in [5.74, 6) is 1.04. The monoisotopic (exact) mass is 511 g/mol. The van der Waals surface area contributed by atoms with E-state index in [0.717, 1.165) is 15.6 Å². The van der Waals surface area contributed by atoms with Crippen molar-refractivity contribution in [1.29, 1.82) is 0 Å². The number of ether oxygens (including phenoxy) is 3. The number of rotatable bonds is 8. The molecule has 4 rings (SSSR count). The Balaban J connectivity index is 1.66. The Morgan fingerprint density at radius 2 is 2.03 bits per heavy atom. The number of carbonyl (C=O) groups excluding carboxylic acids is 1. The molecule has 3 aromatic rings. The molecule has 2 heterocycles. The van der Waals surface area contributed by atoms with E-state index in [0.29, 0.717) is 35.3 Å². The number of methoxy groups -OCH3 is 1. The van der Waals surface area contributed by atoms with E-state index >= 15 is 0 Å². The quantitative estimate of drug-likeness (QED) is 0.357. The van der Waals surface area contributed by atoms with E-state index in [4.69, 9.17) is 14.2 Å². The van der Waals surface area contributed by atoms with Crippen LogP contribution >= 0.6 is 15.9 Å². The molecule has 9 nitrogen and oxygen atoms in total. The third-order valence-corrected chi connectivity index (χ3v) is 5.61. The topological polar surface area (TPSA) is 100 Å². The fraction of sp³-hybridized carbons (Fsp3) is 0.217. The van der Waals surface area contributed by atoms with Gasteiger partial charge in [0, 0.05) is 10.2 Å². The fourth-order valence-electron chi connectivity index (χ4n) is 3.51. The van der Waals surface area contributed by atoms with Crippen molar-refractivity contribution in [3.05, 3.63) is 82.0 Å². The second-order valence-corrected chi connectivity index (χ2v) is 8.14. The highest BCUT2D eigenvalue weighted by atomic mass is 79.9. The minimum absolute atomic E-state index is 0.0942. The standard InChI is InChI=1S/C23H22BrN5O4/c1-4-11-32-22(30)20-14(2)25-23-26-27-28-29(23)21(20)16-7-10-18(19(12-16)31-3)33-13-15-5-8-17(24)9-6-15/h4-10,12,21H,1,11,13H2,2-3H3,(H,25,26,28). The van der Waals surface area contributed by atoms with Crippen molar-refractivity contribution in [2.45, 2.75) is 19.6 Å². The number of allylic oxidation sites excluding steroid dienone is 1. The van der Waals surface area contributed by atoms with E-state index < -0.39 is 12.0 Å². The Labute approximate surface area is 199 Å². The maximum absolute atomic E-state index is 12.9. The number of hydrogen-bond donors (Lipinski definition) is 1. The van der Waals surface area contributed by atoms with Crippen molar-refractivity contribution < 1.29 is 19.0 Å². The summed E-state index contributed by atoms with van der Waals surface area (Å²) in [6.45, 7) is 5.85. The zero-order valence-electron chi connectivity index (χ0n) is 18.1. The lowest BCUT2D eigenvalue weighted by Crippen LogP contribution is -2.29. The minimum atomic E-state index is -0.608. The Morgan fingerprint density at radius 3 is 2.76 bits per heavy atom. The first-order valence-corrected chi connectivity index (χ1v) is 10.9. The van der Waals surface area contributed by atoms with Gasteiger partial charge < -0.3 is 19.5 Å². The maximum Gasteiger partial charge on any atom is 0.338 e. The van der Waals surface area contributed by atoms with Crippen LogP contribution in [0, 0.1) is 0 Å². The molecule has 0 radical (unpaired) electrons. The van der Waals surface area contributed by atoms with Gasteiger partial charge in [-0.1, -0.05) is 51.9 Å². The summed E-state index contributed by atoms with van der Waals surface area (Å²) in [5, 5.41) is 14.9. The van der Waals surface area contributed by atoms with Gasteiger partial charge in [0.05, 0.1) is 12.7 Å². The summed E-state index contributed by atoms with van der Waals surface area (Å²) in [6, 6.07) is 12.7. The van der Waals surface area contributed by atoms with Gasteiger partial charge in [0.2, 0.25) is 5.95 Å². The Hall–Kier alpha value is -3.66. The number of halogens is 1. The van der Waals surface area contributed by atoms with Crippen molar-refractivity contribution in [3.8, 4) is 11.5 Å². The first-order chi connectivity index (χ1) is 16.0. The van der Waals surface area contributed by atoms with Crippen LogP contribution in [0.3, 0.4) is 0 Å². The average Bonchev–Trinajstić information content (AvgIpc) is 3.29. The summed E-state index contributed by atoms with van der Waals surface area (Å²) in [5.41, 5.74) is 2.75. The van der Waals surface area contributed by atoms with Crippen LogP contribution in [0.2, 0.25) is 0 Å². The molecule has 1 aliphatic rings. The molecule has 1 aliphatic heterocycles. The van der Waals surface area contributed by atoms with Crippen LogP contribution in [0.4, 0.5) is 5.95 Å². The van der Waals surface area contributed by atoms with E-state index in [2.05, 4.69) is 43.4 Å². The van der Waals surface area contributed by atoms with Crippen LogP contribution in [0.15, 0.2) is 70.9 Å². The van der Waals surface area contributed by atoms with Crippen molar-refractivity contribution in [2.24, 2.45) is 0 Å². The van der Waals surface area contributed by atoms with E-state index in [1.807, 2.05) is 36.4 Å². The molecule has 1 atom stereocenters. The molecule has 0 saturated heterocycles. The predicted octanol–water partition coefficient (Wildman–Crippen LogP) is 4.04. The Bertz CT molecular complexity index is 1210. The van der Waals surface area contributed by atoms with Crippen LogP contribution in [0.1, 0.15) is 24.1 Å². The first kappa shape index (κ1) is 22.5. The van der Waals surface area contributed by atoms with Gasteiger partial charge in [-0.15, -0.1) is 0 Å². The van der Waals surface area contributed by atoms with Gasteiger partial charge in [0.25, 0.3) is 0 Å². The number of fused-ring (bicyclic) bond motifs is 1. The van der Waals surface area contributed by atoms with Crippen molar-refractivity contribution in [1.82, 2.24) is 20.2 Å². The Kier molecular flexibility index (Phi) is 6.74. The molecule has 0 saturated carbocycles. The van der Waals surface area contributed by atoms with Gasteiger partial charge in [0.15, 0.2) is 11.5 Å². The van der Waals surface area contributed by atoms with Gasteiger partial charge in [0.1, 0.15) is 19.3 Å². The molecular weight excluding hydrogens is 490 g/mol. The molecule has 170 valence electrons. The van der Waals surface area contributed by atoms with Crippen LogP contribution in [0.5, 0.6) is 11.5 Å². The lowest BCUT2D eigenvalue weighted by atomic mass is 9.95. The summed E-state index contributed by atoms with van der Waals surface area (Å²) >= 11 is 3.43. The van der Waals surface area contributed by atoms with Crippen LogP contribution in [-0.4, -0.2) is 39.9 Å². The molecular formula is C23H22BrN5O4. The Morgan fingerprint density at radius 1 is 1.24 bits per heavy atom. The van der Waals surface area contributed by atoms with Gasteiger partial charge in [-0.2, -0.15) is 4.68 Å². The molecule has 0 aliphatic carbocycles. The lowest BCUT2D eigenvalue weighted by molar-refractivity contribution is -0.138. The van der Waals surface area contributed by atoms with Gasteiger partial charge >= 0.3 is 5.97 Å². The van der Waals surface area contributed by atoms with Crippen LogP contribution in [0.25, 0.3) is 0 Å². The number of anilines is 1. The molecule has 33 heavy (non-hydrogen) atoms. The van der Waals surface area contributed by atoms with Crippen LogP contribution in [-0.2, 0) is 16.1 Å². The third kappa shape index (κ3) is 4.75. The number of benzene rings is 2. The average molecular weight is 512 g/mol. The van der Waals surface area contributed by atoms with Crippen molar-refractivity contribution in [3.63, 3.8) is 0 Å². The zero-order chi connectivity index (χ0) is 23.4. The number of nitrogens with zero attached hydrogens (tertiary/aromatic N) is 4. The van der Waals surface area contributed by atoms with E-state index in [-0.39, 0.29) is 6.61 Å². The molecule has 1 unspecified atom stereocenters. The molecule has 0 bridgehead atoms. The first-order valence-electron chi connectivity index (χ1n) is 10.1. The molecule has 0 spiro atoms. The van der Waals surface area contributed by atoms with E-state index in [1.165, 1.54) is 10.8 Å². The highest BCUT2D eigenvalue weighted by Gasteiger charge is 2.35. The van der Waals surface area contributed by atoms with Crippen molar-refractivity contribution >= 4 is 27.8 Å². The second kappa shape index (κ2) is 9.86. The number of carbonyl (C=O) groups is 1. The molecule has 2 aromatic carbocycles. The maximum atomic E-state index is 12.9. The molecule has 1 aromatic heterocycles. The van der Waals surface area contributed by atoms with Crippen LogP contribution < -0.4 is 14.8 Å². The molecule has 1 N–H and O–H groups in total. The number of hydrogen-bond acceptors (Lipinski definition) is 8. The summed E-state index contributed by atoms with van der Waals surface area (Å²) < 4.78 is 19.4. The molecule has 0 fully saturated rings. The fourth-order valence-corrected chi connectivity index (χ4v) is 3.78. The largest absolute Gasteiger partial charge is 0.493 e. The third-order valence-electron chi connectivity index (χ3n) is 5.08. The second-order valence-electron chi connectivity index (χ2n) is 7.23.